The first-order chi connectivity index (χ1) is 18.1. The molecule has 0 bridgehead atoms. The molecule has 0 aliphatic heterocycles. The largest absolute Gasteiger partial charge is 0.494 e. The summed E-state index contributed by atoms with van der Waals surface area (Å²) in [6.45, 7) is 1.60. The number of benzene rings is 3. The van der Waals surface area contributed by atoms with Crippen LogP contribution in [0.4, 0.5) is 15.8 Å². The second-order valence-electron chi connectivity index (χ2n) is 7.90. The van der Waals surface area contributed by atoms with E-state index in [1.54, 1.807) is 48.5 Å². The molecule has 3 aromatic carbocycles. The van der Waals surface area contributed by atoms with Gasteiger partial charge < -0.3 is 14.8 Å². The number of halogens is 1. The van der Waals surface area contributed by atoms with E-state index in [0.717, 1.165) is 10.6 Å². The van der Waals surface area contributed by atoms with Crippen LogP contribution in [0.5, 0.6) is 11.5 Å². The van der Waals surface area contributed by atoms with Crippen LogP contribution in [0.2, 0.25) is 0 Å². The van der Waals surface area contributed by atoms with Crippen molar-refractivity contribution in [3.05, 3.63) is 84.2 Å². The molecule has 0 saturated heterocycles. The van der Waals surface area contributed by atoms with Crippen LogP contribution in [0.25, 0.3) is 0 Å². The summed E-state index contributed by atoms with van der Waals surface area (Å²) in [6, 6.07) is 18.3. The van der Waals surface area contributed by atoms with E-state index in [1.807, 2.05) is 6.92 Å². The number of hydrazone groups is 1. The molecule has 0 radical (unpaired) electrons. The monoisotopic (exact) mass is 542 g/mol. The Labute approximate surface area is 220 Å². The number of carbonyl (C=O) groups excluding carboxylic acids is 2. The molecule has 200 valence electrons. The number of amides is 2. The van der Waals surface area contributed by atoms with Gasteiger partial charge in [0.2, 0.25) is 10.0 Å². The average molecular weight is 543 g/mol. The van der Waals surface area contributed by atoms with Crippen LogP contribution in [-0.2, 0) is 19.6 Å². The first kappa shape index (κ1) is 28.1. The third kappa shape index (κ3) is 8.89. The van der Waals surface area contributed by atoms with Gasteiger partial charge in [-0.15, -0.1) is 0 Å². The van der Waals surface area contributed by atoms with E-state index in [-0.39, 0.29) is 6.61 Å². The molecule has 0 aliphatic rings. The Morgan fingerprint density at radius 2 is 1.53 bits per heavy atom. The highest BCUT2D eigenvalue weighted by atomic mass is 32.2. The summed E-state index contributed by atoms with van der Waals surface area (Å²) in [6.07, 6.45) is 2.39. The number of sulfonamides is 1. The zero-order valence-electron chi connectivity index (χ0n) is 20.8. The first-order valence-corrected chi connectivity index (χ1v) is 13.3. The number of nitrogens with zero attached hydrogens (tertiary/aromatic N) is 2. The van der Waals surface area contributed by atoms with E-state index >= 15 is 0 Å². The van der Waals surface area contributed by atoms with E-state index in [2.05, 4.69) is 15.8 Å². The van der Waals surface area contributed by atoms with Crippen molar-refractivity contribution in [3.8, 4) is 11.5 Å². The van der Waals surface area contributed by atoms with Crippen molar-refractivity contribution >= 4 is 39.4 Å². The molecule has 2 N–H and O–H groups in total. The molecular weight excluding hydrogens is 515 g/mol. The lowest BCUT2D eigenvalue weighted by Gasteiger charge is -2.21. The number of nitrogens with one attached hydrogen (secondary N) is 2. The van der Waals surface area contributed by atoms with E-state index in [1.165, 1.54) is 30.5 Å². The van der Waals surface area contributed by atoms with Crippen LogP contribution in [0, 0.1) is 5.82 Å². The van der Waals surface area contributed by atoms with Crippen molar-refractivity contribution in [1.29, 1.82) is 0 Å². The lowest BCUT2D eigenvalue weighted by Crippen LogP contribution is -2.39. The van der Waals surface area contributed by atoms with Crippen molar-refractivity contribution in [3.63, 3.8) is 0 Å². The maximum Gasteiger partial charge on any atom is 0.262 e. The molecule has 3 aromatic rings. The van der Waals surface area contributed by atoms with Crippen molar-refractivity contribution in [2.45, 2.75) is 6.92 Å². The molecular formula is C26H27FN4O6S. The molecule has 2 amide bonds. The highest BCUT2D eigenvalue weighted by Gasteiger charge is 2.20. The number of anilines is 2. The van der Waals surface area contributed by atoms with Gasteiger partial charge in [-0.25, -0.2) is 18.2 Å². The molecule has 0 atom stereocenters. The fourth-order valence-electron chi connectivity index (χ4n) is 3.15. The van der Waals surface area contributed by atoms with Gasteiger partial charge in [-0.2, -0.15) is 5.10 Å². The van der Waals surface area contributed by atoms with Crippen LogP contribution < -0.4 is 24.5 Å². The van der Waals surface area contributed by atoms with Crippen LogP contribution in [-0.4, -0.2) is 52.5 Å². The third-order valence-corrected chi connectivity index (χ3v) is 6.04. The predicted molar refractivity (Wildman–Crippen MR) is 143 cm³/mol. The van der Waals surface area contributed by atoms with Gasteiger partial charge in [0.25, 0.3) is 11.8 Å². The summed E-state index contributed by atoms with van der Waals surface area (Å²) < 4.78 is 49.1. The van der Waals surface area contributed by atoms with Crippen LogP contribution in [0.15, 0.2) is 77.9 Å². The van der Waals surface area contributed by atoms with Crippen LogP contribution in [0.3, 0.4) is 0 Å². The van der Waals surface area contributed by atoms with Gasteiger partial charge >= 0.3 is 0 Å². The lowest BCUT2D eigenvalue weighted by molar-refractivity contribution is -0.119. The first-order valence-electron chi connectivity index (χ1n) is 11.4. The van der Waals surface area contributed by atoms with E-state index in [0.29, 0.717) is 35.0 Å². The highest BCUT2D eigenvalue weighted by molar-refractivity contribution is 7.92. The Balaban J connectivity index is 1.49. The second kappa shape index (κ2) is 13.2. The topological polar surface area (TPSA) is 126 Å². The smallest absolute Gasteiger partial charge is 0.262 e. The zero-order valence-corrected chi connectivity index (χ0v) is 21.6. The van der Waals surface area contributed by atoms with E-state index < -0.39 is 34.2 Å². The Kier molecular flexibility index (Phi) is 9.77. The molecule has 10 nitrogen and oxygen atoms in total. The van der Waals surface area contributed by atoms with Gasteiger partial charge in [-0.1, -0.05) is 0 Å². The number of ether oxygens (including phenoxy) is 2. The summed E-state index contributed by atoms with van der Waals surface area (Å²) in [5.41, 5.74) is 3.70. The predicted octanol–water partition coefficient (Wildman–Crippen LogP) is 3.16. The standard InChI is InChI=1S/C26H27FN4O6S/c1-3-36-23-14-10-22(11-15-23)31(38(2,34)35)17-25(32)30-28-16-19-4-12-24(13-5-19)37-18-26(33)29-21-8-6-20(27)7-9-21/h4-16H,3,17-18H2,1-2H3,(H,29,33)(H,30,32)/b28-16-. The minimum absolute atomic E-state index is 0.244. The molecule has 0 saturated carbocycles. The van der Waals surface area contributed by atoms with Gasteiger partial charge in [-0.05, 0) is 85.3 Å². The van der Waals surface area contributed by atoms with Gasteiger partial charge in [0.1, 0.15) is 23.9 Å². The maximum absolute atomic E-state index is 12.9. The molecule has 3 rings (SSSR count). The fraction of sp³-hybridized carbons (Fsp3) is 0.192. The van der Waals surface area contributed by atoms with Crippen molar-refractivity contribution in [2.24, 2.45) is 5.10 Å². The number of hydrogen-bond acceptors (Lipinski definition) is 7. The van der Waals surface area contributed by atoms with Crippen molar-refractivity contribution < 1.29 is 31.9 Å². The highest BCUT2D eigenvalue weighted by Crippen LogP contribution is 2.21. The number of rotatable bonds is 12. The van der Waals surface area contributed by atoms with Crippen LogP contribution >= 0.6 is 0 Å². The third-order valence-electron chi connectivity index (χ3n) is 4.90. The summed E-state index contributed by atoms with van der Waals surface area (Å²) >= 11 is 0. The molecule has 38 heavy (non-hydrogen) atoms. The normalized spacial score (nSPS) is 11.1. The minimum atomic E-state index is -3.73. The van der Waals surface area contributed by atoms with Gasteiger partial charge in [-0.3, -0.25) is 13.9 Å². The quantitative estimate of drug-likeness (QED) is 0.268. The fourth-order valence-corrected chi connectivity index (χ4v) is 4.01. The molecule has 0 heterocycles. The van der Waals surface area contributed by atoms with E-state index in [4.69, 9.17) is 9.47 Å². The SMILES string of the molecule is CCOc1ccc(N(CC(=O)N/N=C\c2ccc(OCC(=O)Nc3ccc(F)cc3)cc2)S(C)(=O)=O)cc1. The maximum atomic E-state index is 12.9. The van der Waals surface area contributed by atoms with Gasteiger partial charge in [0, 0.05) is 5.69 Å². The van der Waals surface area contributed by atoms with Crippen molar-refractivity contribution in [1.82, 2.24) is 5.43 Å². The average Bonchev–Trinajstić information content (AvgIpc) is 2.88. The molecule has 12 heteroatoms. The number of carbonyl (C=O) groups is 2. The Bertz CT molecular complexity index is 1360. The minimum Gasteiger partial charge on any atom is -0.494 e. The van der Waals surface area contributed by atoms with Crippen LogP contribution in [0.1, 0.15) is 12.5 Å². The Hall–Kier alpha value is -4.45. The molecule has 0 unspecified atom stereocenters. The molecule has 0 aliphatic carbocycles. The Morgan fingerprint density at radius 1 is 0.921 bits per heavy atom. The summed E-state index contributed by atoms with van der Waals surface area (Å²) in [5, 5.41) is 6.46. The molecule has 0 spiro atoms. The lowest BCUT2D eigenvalue weighted by atomic mass is 10.2. The molecule has 0 fully saturated rings. The van der Waals surface area contributed by atoms with E-state index in [9.17, 15) is 22.4 Å². The number of hydrogen-bond donors (Lipinski definition) is 2. The zero-order chi connectivity index (χ0) is 27.5. The van der Waals surface area contributed by atoms with Gasteiger partial charge in [0.15, 0.2) is 6.61 Å². The Morgan fingerprint density at radius 3 is 2.13 bits per heavy atom. The van der Waals surface area contributed by atoms with Crippen molar-refractivity contribution in [2.75, 3.05) is 35.6 Å². The van der Waals surface area contributed by atoms with Gasteiger partial charge in [0.05, 0.1) is 24.8 Å². The molecule has 0 aromatic heterocycles. The summed E-state index contributed by atoms with van der Waals surface area (Å²) in [5.74, 6) is -0.420. The summed E-state index contributed by atoms with van der Waals surface area (Å²) in [4.78, 5) is 24.3. The second-order valence-corrected chi connectivity index (χ2v) is 9.81. The summed E-state index contributed by atoms with van der Waals surface area (Å²) in [7, 11) is -3.73.